The molecule has 0 aliphatic carbocycles. The first kappa shape index (κ1) is 25.1. The maximum absolute atomic E-state index is 13.8. The Morgan fingerprint density at radius 2 is 1.69 bits per heavy atom. The van der Waals surface area contributed by atoms with Crippen molar-refractivity contribution in [3.63, 3.8) is 0 Å². The predicted octanol–water partition coefficient (Wildman–Crippen LogP) is 4.66. The average molecular weight is 556 g/mol. The van der Waals surface area contributed by atoms with Gasteiger partial charge < -0.3 is 10.2 Å². The first-order chi connectivity index (χ1) is 16.8. The molecule has 0 bridgehead atoms. The summed E-state index contributed by atoms with van der Waals surface area (Å²) in [5.41, 5.74) is 2.58. The second kappa shape index (κ2) is 10.3. The van der Waals surface area contributed by atoms with Crippen molar-refractivity contribution in [3.05, 3.63) is 94.0 Å². The number of halogens is 1. The molecule has 9 heteroatoms. The van der Waals surface area contributed by atoms with E-state index in [9.17, 15) is 18.0 Å². The predicted molar refractivity (Wildman–Crippen MR) is 139 cm³/mol. The summed E-state index contributed by atoms with van der Waals surface area (Å²) in [6, 6.07) is 20.5. The van der Waals surface area contributed by atoms with Crippen molar-refractivity contribution < 1.29 is 18.0 Å². The van der Waals surface area contributed by atoms with Gasteiger partial charge in [-0.1, -0.05) is 60.1 Å². The van der Waals surface area contributed by atoms with E-state index in [0.717, 1.165) is 15.6 Å². The largest absolute Gasteiger partial charge is 0.324 e. The van der Waals surface area contributed by atoms with E-state index in [-0.39, 0.29) is 23.3 Å². The minimum atomic E-state index is -3.64. The minimum absolute atomic E-state index is 0.125. The van der Waals surface area contributed by atoms with Crippen molar-refractivity contribution in [1.82, 2.24) is 9.21 Å². The average Bonchev–Trinajstić information content (AvgIpc) is 3.00. The van der Waals surface area contributed by atoms with Gasteiger partial charge in [0.2, 0.25) is 15.9 Å². The van der Waals surface area contributed by atoms with Crippen molar-refractivity contribution in [2.75, 3.05) is 25.0 Å². The van der Waals surface area contributed by atoms with Gasteiger partial charge in [-0.25, -0.2) is 8.42 Å². The summed E-state index contributed by atoms with van der Waals surface area (Å²) < 4.78 is 27.9. The Kier molecular flexibility index (Phi) is 7.39. The fourth-order valence-electron chi connectivity index (χ4n) is 4.31. The number of carbonyl (C=O) groups excluding carboxylic acids is 2. The van der Waals surface area contributed by atoms with Crippen LogP contribution in [0.15, 0.2) is 82.2 Å². The molecule has 2 amide bonds. The van der Waals surface area contributed by atoms with E-state index in [0.29, 0.717) is 24.3 Å². The highest BCUT2D eigenvalue weighted by atomic mass is 79.9. The molecule has 1 aliphatic heterocycles. The van der Waals surface area contributed by atoms with Crippen molar-refractivity contribution in [2.45, 2.75) is 24.8 Å². The zero-order valence-electron chi connectivity index (χ0n) is 19.4. The molecule has 35 heavy (non-hydrogen) atoms. The molecular weight excluding hydrogens is 530 g/mol. The summed E-state index contributed by atoms with van der Waals surface area (Å²) in [6.45, 7) is 4.13. The lowest BCUT2D eigenvalue weighted by molar-refractivity contribution is -0.117. The van der Waals surface area contributed by atoms with Crippen molar-refractivity contribution >= 4 is 43.5 Å². The summed E-state index contributed by atoms with van der Waals surface area (Å²) in [7, 11) is -3.64. The fraction of sp³-hybridized carbons (Fsp3) is 0.231. The fourth-order valence-corrected chi connectivity index (χ4v) is 6.15. The third-order valence-electron chi connectivity index (χ3n) is 6.03. The lowest BCUT2D eigenvalue weighted by Crippen LogP contribution is -2.39. The lowest BCUT2D eigenvalue weighted by Gasteiger charge is -2.31. The van der Waals surface area contributed by atoms with Gasteiger partial charge in [0.25, 0.3) is 5.91 Å². The van der Waals surface area contributed by atoms with Gasteiger partial charge in [0.05, 0.1) is 10.9 Å². The molecule has 3 aromatic carbocycles. The number of hydrogen-bond acceptors (Lipinski definition) is 4. The molecule has 4 rings (SSSR count). The third-order valence-corrected chi connectivity index (χ3v) is 8.59. The normalized spacial score (nSPS) is 15.9. The van der Waals surface area contributed by atoms with Gasteiger partial charge >= 0.3 is 0 Å². The molecule has 1 unspecified atom stereocenters. The van der Waals surface area contributed by atoms with Crippen molar-refractivity contribution in [2.24, 2.45) is 0 Å². The number of benzene rings is 3. The summed E-state index contributed by atoms with van der Waals surface area (Å²) in [4.78, 5) is 28.2. The Labute approximate surface area is 213 Å². The van der Waals surface area contributed by atoms with E-state index >= 15 is 0 Å². The van der Waals surface area contributed by atoms with Crippen LogP contribution in [0.3, 0.4) is 0 Å². The van der Waals surface area contributed by atoms with Gasteiger partial charge in [0, 0.05) is 34.4 Å². The van der Waals surface area contributed by atoms with Gasteiger partial charge in [-0.2, -0.15) is 4.31 Å². The lowest BCUT2D eigenvalue weighted by atomic mass is 9.95. The molecule has 1 N–H and O–H groups in total. The third kappa shape index (κ3) is 5.03. The smallest absolute Gasteiger partial charge is 0.255 e. The molecule has 182 valence electrons. The zero-order chi connectivity index (χ0) is 25.2. The highest BCUT2D eigenvalue weighted by Crippen LogP contribution is 2.38. The standard InChI is InChI=1S/C26H26BrN3O4S/c1-3-29(4-2)35(33,34)21-13-10-19(11-14-21)26(32)30-17-24(31)28-23-15-12-20(27)16-22(23)25(30)18-8-6-5-7-9-18/h5-16,25H,3-4,17H2,1-2H3,(H,28,31). The number of rotatable bonds is 6. The van der Waals surface area contributed by atoms with Crippen molar-refractivity contribution in [1.29, 1.82) is 0 Å². The quantitative estimate of drug-likeness (QED) is 0.479. The maximum atomic E-state index is 13.8. The molecule has 0 fully saturated rings. The Morgan fingerprint density at radius 3 is 2.31 bits per heavy atom. The molecule has 0 spiro atoms. The van der Waals surface area contributed by atoms with Crippen LogP contribution in [0.1, 0.15) is 41.4 Å². The summed E-state index contributed by atoms with van der Waals surface area (Å²) in [5, 5.41) is 2.90. The molecule has 0 aromatic heterocycles. The van der Waals surface area contributed by atoms with Gasteiger partial charge in [-0.05, 0) is 48.0 Å². The van der Waals surface area contributed by atoms with E-state index in [2.05, 4.69) is 21.2 Å². The SMILES string of the molecule is CCN(CC)S(=O)(=O)c1ccc(C(=O)N2CC(=O)Nc3ccc(Br)cc3C2c2ccccc2)cc1. The number of fused-ring (bicyclic) bond motifs is 1. The van der Waals surface area contributed by atoms with E-state index in [1.165, 1.54) is 33.5 Å². The topological polar surface area (TPSA) is 86.8 Å². The van der Waals surface area contributed by atoms with Crippen LogP contribution in [-0.2, 0) is 14.8 Å². The molecule has 0 saturated carbocycles. The molecule has 1 atom stereocenters. The van der Waals surface area contributed by atoms with Gasteiger partial charge in [-0.3, -0.25) is 9.59 Å². The van der Waals surface area contributed by atoms with Crippen molar-refractivity contribution in [3.8, 4) is 0 Å². The molecule has 1 aliphatic rings. The Hall–Kier alpha value is -3.01. The second-order valence-electron chi connectivity index (χ2n) is 8.14. The number of nitrogens with zero attached hydrogens (tertiary/aromatic N) is 2. The number of nitrogens with one attached hydrogen (secondary N) is 1. The zero-order valence-corrected chi connectivity index (χ0v) is 21.8. The first-order valence-electron chi connectivity index (χ1n) is 11.3. The minimum Gasteiger partial charge on any atom is -0.324 e. The molecule has 7 nitrogen and oxygen atoms in total. The number of hydrogen-bond donors (Lipinski definition) is 1. The van der Waals surface area contributed by atoms with Crippen LogP contribution in [0, 0.1) is 0 Å². The van der Waals surface area contributed by atoms with Gasteiger partial charge in [-0.15, -0.1) is 0 Å². The molecular formula is C26H26BrN3O4S. The summed E-state index contributed by atoms with van der Waals surface area (Å²) in [5.74, 6) is -0.672. The monoisotopic (exact) mass is 555 g/mol. The van der Waals surface area contributed by atoms with E-state index < -0.39 is 16.1 Å². The van der Waals surface area contributed by atoms with Crippen LogP contribution < -0.4 is 5.32 Å². The van der Waals surface area contributed by atoms with Crippen LogP contribution in [0.25, 0.3) is 0 Å². The Bertz CT molecular complexity index is 1340. The molecule has 3 aromatic rings. The van der Waals surface area contributed by atoms with Gasteiger partial charge in [0.15, 0.2) is 0 Å². The number of amides is 2. The van der Waals surface area contributed by atoms with E-state index in [1.807, 2.05) is 48.5 Å². The van der Waals surface area contributed by atoms with Crippen LogP contribution in [0.4, 0.5) is 5.69 Å². The molecule has 0 saturated heterocycles. The second-order valence-corrected chi connectivity index (χ2v) is 11.0. The van der Waals surface area contributed by atoms with Gasteiger partial charge in [0.1, 0.15) is 6.54 Å². The number of anilines is 1. The number of sulfonamides is 1. The van der Waals surface area contributed by atoms with E-state index in [4.69, 9.17) is 0 Å². The molecule has 1 heterocycles. The summed E-state index contributed by atoms with van der Waals surface area (Å²) in [6.07, 6.45) is 0. The molecule has 0 radical (unpaired) electrons. The summed E-state index contributed by atoms with van der Waals surface area (Å²) >= 11 is 3.51. The highest BCUT2D eigenvalue weighted by molar-refractivity contribution is 9.10. The van der Waals surface area contributed by atoms with E-state index in [1.54, 1.807) is 13.8 Å². The highest BCUT2D eigenvalue weighted by Gasteiger charge is 2.34. The van der Waals surface area contributed by atoms with Crippen LogP contribution >= 0.6 is 15.9 Å². The van der Waals surface area contributed by atoms with Crippen LogP contribution in [0.2, 0.25) is 0 Å². The van der Waals surface area contributed by atoms with Crippen LogP contribution in [-0.4, -0.2) is 49.1 Å². The van der Waals surface area contributed by atoms with Crippen LogP contribution in [0.5, 0.6) is 0 Å². The number of carbonyl (C=O) groups is 2. The Balaban J connectivity index is 1.77. The first-order valence-corrected chi connectivity index (χ1v) is 13.5. The Morgan fingerprint density at radius 1 is 1.03 bits per heavy atom. The maximum Gasteiger partial charge on any atom is 0.255 e.